The number of nitrogens with one attached hydrogen (secondary N) is 1. The van der Waals surface area contributed by atoms with Crippen LogP contribution >= 0.6 is 0 Å². The van der Waals surface area contributed by atoms with Crippen LogP contribution in [0, 0.1) is 12.3 Å². The zero-order valence-electron chi connectivity index (χ0n) is 15.2. The summed E-state index contributed by atoms with van der Waals surface area (Å²) >= 11 is 0. The first kappa shape index (κ1) is 19.5. The first-order valence-corrected chi connectivity index (χ1v) is 10.7. The molecular formula is C19H24N4O3S. The SMILES string of the molecule is C#CCCC1(CCC(=O)NS(=O)(=O)C2CCN(Cc3ccccc3)C2)N=N1. The zero-order chi connectivity index (χ0) is 19.3. The Balaban J connectivity index is 1.45. The molecule has 1 N–H and O–H groups in total. The van der Waals surface area contributed by atoms with Crippen LogP contribution in [-0.2, 0) is 21.4 Å². The minimum absolute atomic E-state index is 0.0667. The molecule has 0 saturated carbocycles. The second-order valence-corrected chi connectivity index (χ2v) is 9.05. The van der Waals surface area contributed by atoms with E-state index in [1.54, 1.807) is 0 Å². The average Bonchev–Trinajstić information content (AvgIpc) is 3.26. The van der Waals surface area contributed by atoms with Crippen LogP contribution in [0.4, 0.5) is 0 Å². The minimum Gasteiger partial charge on any atom is -0.298 e. The molecule has 0 aliphatic carbocycles. The number of amides is 1. The Labute approximate surface area is 160 Å². The number of hydrogen-bond acceptors (Lipinski definition) is 6. The van der Waals surface area contributed by atoms with Gasteiger partial charge in [0.1, 0.15) is 0 Å². The van der Waals surface area contributed by atoms with E-state index in [2.05, 4.69) is 25.8 Å². The first-order chi connectivity index (χ1) is 12.9. The molecule has 0 radical (unpaired) electrons. The Morgan fingerprint density at radius 3 is 2.70 bits per heavy atom. The van der Waals surface area contributed by atoms with Crippen molar-refractivity contribution in [3.05, 3.63) is 35.9 Å². The Morgan fingerprint density at radius 2 is 2.04 bits per heavy atom. The minimum atomic E-state index is -3.68. The average molecular weight is 388 g/mol. The normalized spacial score (nSPS) is 20.9. The largest absolute Gasteiger partial charge is 0.298 e. The molecule has 1 aromatic rings. The first-order valence-electron chi connectivity index (χ1n) is 9.11. The predicted molar refractivity (Wildman–Crippen MR) is 102 cm³/mol. The third-order valence-corrected chi connectivity index (χ3v) is 6.75. The second-order valence-electron chi connectivity index (χ2n) is 7.09. The molecule has 2 aliphatic rings. The predicted octanol–water partition coefficient (Wildman–Crippen LogP) is 2.06. The maximum atomic E-state index is 12.5. The number of carbonyl (C=O) groups excluding carboxylic acids is 1. The molecule has 144 valence electrons. The number of likely N-dealkylation sites (tertiary alicyclic amines) is 1. The lowest BCUT2D eigenvalue weighted by Gasteiger charge is -2.17. The number of terminal acetylenes is 1. The number of carbonyl (C=O) groups is 1. The molecule has 1 fully saturated rings. The van der Waals surface area contributed by atoms with E-state index in [0.717, 1.165) is 5.56 Å². The molecule has 0 aromatic heterocycles. The van der Waals surface area contributed by atoms with Gasteiger partial charge in [-0.25, -0.2) is 8.42 Å². The molecule has 1 unspecified atom stereocenters. The van der Waals surface area contributed by atoms with Gasteiger partial charge in [-0.2, -0.15) is 10.2 Å². The highest BCUT2D eigenvalue weighted by Gasteiger charge is 2.40. The smallest absolute Gasteiger partial charge is 0.239 e. The fourth-order valence-electron chi connectivity index (χ4n) is 3.31. The van der Waals surface area contributed by atoms with Crippen molar-refractivity contribution in [3.8, 4) is 12.3 Å². The highest BCUT2D eigenvalue weighted by atomic mass is 32.2. The maximum Gasteiger partial charge on any atom is 0.239 e. The van der Waals surface area contributed by atoms with E-state index in [-0.39, 0.29) is 6.42 Å². The van der Waals surface area contributed by atoms with Crippen LogP contribution in [0.25, 0.3) is 0 Å². The van der Waals surface area contributed by atoms with Gasteiger partial charge in [0.25, 0.3) is 0 Å². The van der Waals surface area contributed by atoms with Crippen LogP contribution in [0.3, 0.4) is 0 Å². The van der Waals surface area contributed by atoms with Gasteiger partial charge in [0.2, 0.25) is 15.9 Å². The molecule has 1 amide bonds. The van der Waals surface area contributed by atoms with E-state index in [1.165, 1.54) is 0 Å². The Morgan fingerprint density at radius 1 is 1.30 bits per heavy atom. The lowest BCUT2D eigenvalue weighted by atomic mass is 10.0. The van der Waals surface area contributed by atoms with E-state index in [0.29, 0.717) is 45.3 Å². The van der Waals surface area contributed by atoms with E-state index < -0.39 is 26.8 Å². The van der Waals surface area contributed by atoms with Crippen molar-refractivity contribution in [2.45, 2.75) is 49.6 Å². The molecule has 1 atom stereocenters. The topological polar surface area (TPSA) is 91.2 Å². The van der Waals surface area contributed by atoms with Crippen LogP contribution in [0.15, 0.2) is 40.6 Å². The van der Waals surface area contributed by atoms with E-state index in [4.69, 9.17) is 6.42 Å². The van der Waals surface area contributed by atoms with Crippen molar-refractivity contribution in [3.63, 3.8) is 0 Å². The Hall–Kier alpha value is -2.24. The summed E-state index contributed by atoms with van der Waals surface area (Å²) in [6.07, 6.45) is 7.34. The lowest BCUT2D eigenvalue weighted by molar-refractivity contribution is -0.119. The van der Waals surface area contributed by atoms with Crippen LogP contribution in [-0.4, -0.2) is 43.2 Å². The zero-order valence-corrected chi connectivity index (χ0v) is 16.0. The molecule has 27 heavy (non-hydrogen) atoms. The Bertz CT molecular complexity index is 839. The number of benzene rings is 1. The van der Waals surface area contributed by atoms with Crippen molar-refractivity contribution in [2.24, 2.45) is 10.2 Å². The van der Waals surface area contributed by atoms with Gasteiger partial charge in [-0.1, -0.05) is 30.3 Å². The fraction of sp³-hybridized carbons (Fsp3) is 0.526. The molecule has 1 saturated heterocycles. The highest BCUT2D eigenvalue weighted by Crippen LogP contribution is 2.37. The van der Waals surface area contributed by atoms with Crippen molar-refractivity contribution >= 4 is 15.9 Å². The second kappa shape index (κ2) is 8.19. The maximum absolute atomic E-state index is 12.5. The highest BCUT2D eigenvalue weighted by molar-refractivity contribution is 7.90. The number of hydrogen-bond donors (Lipinski definition) is 1. The molecule has 3 rings (SSSR count). The third-order valence-electron chi connectivity index (χ3n) is 4.98. The quantitative estimate of drug-likeness (QED) is 0.656. The van der Waals surface area contributed by atoms with Crippen molar-refractivity contribution in [1.82, 2.24) is 9.62 Å². The summed E-state index contributed by atoms with van der Waals surface area (Å²) in [7, 11) is -3.68. The van der Waals surface area contributed by atoms with Gasteiger partial charge in [0, 0.05) is 38.8 Å². The summed E-state index contributed by atoms with van der Waals surface area (Å²) in [6.45, 7) is 1.83. The molecule has 0 bridgehead atoms. The van der Waals surface area contributed by atoms with E-state index in [9.17, 15) is 13.2 Å². The monoisotopic (exact) mass is 388 g/mol. The molecule has 1 aromatic carbocycles. The molecule has 8 heteroatoms. The van der Waals surface area contributed by atoms with Gasteiger partial charge < -0.3 is 0 Å². The van der Waals surface area contributed by atoms with Gasteiger partial charge in [0.05, 0.1) is 5.25 Å². The van der Waals surface area contributed by atoms with Gasteiger partial charge in [-0.05, 0) is 18.5 Å². The summed E-state index contributed by atoms with van der Waals surface area (Å²) in [5.41, 5.74) is 0.571. The molecule has 2 aliphatic heterocycles. The van der Waals surface area contributed by atoms with Crippen molar-refractivity contribution in [1.29, 1.82) is 0 Å². The van der Waals surface area contributed by atoms with Crippen molar-refractivity contribution < 1.29 is 13.2 Å². The van der Waals surface area contributed by atoms with E-state index >= 15 is 0 Å². The summed E-state index contributed by atoms with van der Waals surface area (Å²) in [5.74, 6) is 2.02. The molecule has 0 spiro atoms. The van der Waals surface area contributed by atoms with E-state index in [1.807, 2.05) is 30.3 Å². The summed E-state index contributed by atoms with van der Waals surface area (Å²) in [6, 6.07) is 9.93. The molecule has 7 nitrogen and oxygen atoms in total. The van der Waals surface area contributed by atoms with Crippen molar-refractivity contribution in [2.75, 3.05) is 13.1 Å². The Kier molecular flexibility index (Phi) is 5.92. The molecule has 2 heterocycles. The number of sulfonamides is 1. The standard InChI is InChI=1S/C19H24N4O3S/c1-2-3-11-19(21-22-19)12-9-18(24)20-27(25,26)17-10-13-23(15-17)14-16-7-5-4-6-8-16/h1,4-8,17H,3,9-15H2,(H,20,24). The van der Waals surface area contributed by atoms with Crippen LogP contribution in [0.1, 0.15) is 37.7 Å². The summed E-state index contributed by atoms with van der Waals surface area (Å²) in [4.78, 5) is 14.2. The summed E-state index contributed by atoms with van der Waals surface area (Å²) < 4.78 is 27.3. The fourth-order valence-corrected chi connectivity index (χ4v) is 4.72. The van der Waals surface area contributed by atoms with Crippen LogP contribution in [0.5, 0.6) is 0 Å². The number of nitrogens with zero attached hydrogens (tertiary/aromatic N) is 3. The lowest BCUT2D eigenvalue weighted by Crippen LogP contribution is -2.40. The van der Waals surface area contributed by atoms with Gasteiger partial charge in [-0.3, -0.25) is 14.4 Å². The molecular weight excluding hydrogens is 364 g/mol. The van der Waals surface area contributed by atoms with Gasteiger partial charge in [-0.15, -0.1) is 12.3 Å². The van der Waals surface area contributed by atoms with Crippen LogP contribution in [0.2, 0.25) is 0 Å². The number of rotatable bonds is 9. The van der Waals surface area contributed by atoms with Crippen LogP contribution < -0.4 is 4.72 Å². The third kappa shape index (κ3) is 5.37. The van der Waals surface area contributed by atoms with Gasteiger partial charge >= 0.3 is 0 Å². The van der Waals surface area contributed by atoms with Gasteiger partial charge in [0.15, 0.2) is 5.66 Å². The summed E-state index contributed by atoms with van der Waals surface area (Å²) in [5, 5.41) is 7.35.